The summed E-state index contributed by atoms with van der Waals surface area (Å²) < 4.78 is 0. The molecule has 2 rings (SSSR count). The number of hydrogen-bond acceptors (Lipinski definition) is 7. The third-order valence-electron chi connectivity index (χ3n) is 3.23. The Labute approximate surface area is 123 Å². The summed E-state index contributed by atoms with van der Waals surface area (Å²) in [5.41, 5.74) is 11.5. The van der Waals surface area contributed by atoms with Gasteiger partial charge in [0.15, 0.2) is 6.29 Å². The number of imide groups is 1. The first kappa shape index (κ1) is 15.2. The Balaban J connectivity index is 2.22. The number of carbonyl (C=O) groups excluding carboxylic acids is 2. The molecule has 0 aliphatic carbocycles. The van der Waals surface area contributed by atoms with Crippen LogP contribution in [0, 0.1) is 0 Å². The number of hydrogen-bond donors (Lipinski definition) is 2. The summed E-state index contributed by atoms with van der Waals surface area (Å²) in [6.07, 6.45) is 5.53. The van der Waals surface area contributed by atoms with E-state index in [0.29, 0.717) is 6.54 Å². The van der Waals surface area contributed by atoms with E-state index in [2.05, 4.69) is 16.9 Å². The van der Waals surface area contributed by atoms with Crippen molar-refractivity contribution >= 4 is 23.7 Å². The Morgan fingerprint density at radius 2 is 1.95 bits per heavy atom. The van der Waals surface area contributed by atoms with Crippen molar-refractivity contribution in [1.82, 2.24) is 9.80 Å². The second kappa shape index (κ2) is 6.49. The number of amides is 2. The fourth-order valence-corrected chi connectivity index (χ4v) is 2.16. The van der Waals surface area contributed by atoms with Crippen LogP contribution in [0.4, 0.5) is 0 Å². The fraction of sp³-hybridized carbons (Fsp3) is 0.538. The Morgan fingerprint density at radius 1 is 1.29 bits per heavy atom. The normalized spacial score (nSPS) is 23.0. The molecule has 2 aliphatic heterocycles. The minimum absolute atomic E-state index is 0.0289. The van der Waals surface area contributed by atoms with Gasteiger partial charge in [-0.3, -0.25) is 15.3 Å². The van der Waals surface area contributed by atoms with Crippen molar-refractivity contribution in [2.24, 2.45) is 21.5 Å². The Bertz CT molecular complexity index is 509. The maximum absolute atomic E-state index is 11.9. The van der Waals surface area contributed by atoms with E-state index in [9.17, 15) is 9.59 Å². The molecule has 4 N–H and O–H groups in total. The molecule has 0 radical (unpaired) electrons. The van der Waals surface area contributed by atoms with Gasteiger partial charge in [-0.05, 0) is 6.42 Å². The van der Waals surface area contributed by atoms with Crippen molar-refractivity contribution in [3.8, 4) is 0 Å². The zero-order valence-electron chi connectivity index (χ0n) is 12.0. The Morgan fingerprint density at radius 3 is 2.57 bits per heavy atom. The third-order valence-corrected chi connectivity index (χ3v) is 3.23. The molecule has 0 saturated carbocycles. The first-order chi connectivity index (χ1) is 10.0. The first-order valence-corrected chi connectivity index (χ1v) is 6.99. The summed E-state index contributed by atoms with van der Waals surface area (Å²) >= 11 is 0. The van der Waals surface area contributed by atoms with E-state index in [1.807, 2.05) is 12.2 Å². The molecule has 1 saturated heterocycles. The van der Waals surface area contributed by atoms with Crippen molar-refractivity contribution in [2.75, 3.05) is 6.54 Å². The lowest BCUT2D eigenvalue weighted by Crippen LogP contribution is -2.56. The zero-order valence-corrected chi connectivity index (χ0v) is 12.0. The van der Waals surface area contributed by atoms with Crippen LogP contribution < -0.4 is 11.5 Å². The molecule has 8 nitrogen and oxygen atoms in total. The summed E-state index contributed by atoms with van der Waals surface area (Å²) in [6, 6.07) is 0. The van der Waals surface area contributed by atoms with E-state index in [-0.39, 0.29) is 36.6 Å². The molecule has 0 spiro atoms. The molecule has 21 heavy (non-hydrogen) atoms. The van der Waals surface area contributed by atoms with Gasteiger partial charge < -0.3 is 10.6 Å². The average Bonchev–Trinajstić information content (AvgIpc) is 2.75. The maximum atomic E-state index is 11.9. The van der Waals surface area contributed by atoms with E-state index in [1.54, 1.807) is 4.90 Å². The number of aliphatic imine (C=N–C) groups is 2. The number of nitrogens with two attached hydrogens (primary N) is 2. The molecule has 1 atom stereocenters. The molecular weight excluding hydrogens is 272 g/mol. The SMILES string of the molecule is CCCC=CCN1C(N2C(=O)CCC2=O)=NC(N)=NC1N. The lowest BCUT2D eigenvalue weighted by Gasteiger charge is -2.33. The molecular formula is C13H20N6O2. The average molecular weight is 292 g/mol. The summed E-state index contributed by atoms with van der Waals surface area (Å²) in [5.74, 6) is -0.436. The Hall–Kier alpha value is -2.22. The summed E-state index contributed by atoms with van der Waals surface area (Å²) in [5, 5.41) is 0. The van der Waals surface area contributed by atoms with Gasteiger partial charge in [-0.25, -0.2) is 9.89 Å². The predicted octanol–water partition coefficient (Wildman–Crippen LogP) is -0.280. The molecule has 0 aromatic heterocycles. The van der Waals surface area contributed by atoms with Crippen LogP contribution >= 0.6 is 0 Å². The molecule has 8 heteroatoms. The van der Waals surface area contributed by atoms with Crippen molar-refractivity contribution in [3.63, 3.8) is 0 Å². The van der Waals surface area contributed by atoms with Gasteiger partial charge in [0.1, 0.15) is 0 Å². The first-order valence-electron chi connectivity index (χ1n) is 6.99. The monoisotopic (exact) mass is 292 g/mol. The molecule has 1 fully saturated rings. The smallest absolute Gasteiger partial charge is 0.236 e. The molecule has 1 unspecified atom stereocenters. The van der Waals surface area contributed by atoms with Crippen LogP contribution in [0.3, 0.4) is 0 Å². The highest BCUT2D eigenvalue weighted by Gasteiger charge is 2.38. The van der Waals surface area contributed by atoms with Gasteiger partial charge >= 0.3 is 0 Å². The highest BCUT2D eigenvalue weighted by molar-refractivity contribution is 6.18. The van der Waals surface area contributed by atoms with Gasteiger partial charge in [-0.2, -0.15) is 4.99 Å². The van der Waals surface area contributed by atoms with Gasteiger partial charge in [-0.1, -0.05) is 25.5 Å². The van der Waals surface area contributed by atoms with Crippen molar-refractivity contribution in [2.45, 2.75) is 38.9 Å². The van der Waals surface area contributed by atoms with Gasteiger partial charge in [0.2, 0.25) is 23.7 Å². The summed E-state index contributed by atoms with van der Waals surface area (Å²) in [4.78, 5) is 34.4. The number of allylic oxidation sites excluding steroid dienone is 1. The molecule has 114 valence electrons. The van der Waals surface area contributed by atoms with Crippen LogP contribution in [0.2, 0.25) is 0 Å². The second-order valence-electron chi connectivity index (χ2n) is 4.85. The van der Waals surface area contributed by atoms with Crippen molar-refractivity contribution in [1.29, 1.82) is 0 Å². The van der Waals surface area contributed by atoms with Crippen LogP contribution in [0.15, 0.2) is 22.1 Å². The standard InChI is InChI=1S/C13H20N6O2/c1-2-3-4-5-8-18-12(15)16-11(14)17-13(18)19-9(20)6-7-10(19)21/h4-5,12H,2-3,6-8,15H2,1H3,(H2,14,16). The van der Waals surface area contributed by atoms with Crippen LogP contribution in [-0.2, 0) is 9.59 Å². The molecule has 2 aliphatic rings. The predicted molar refractivity (Wildman–Crippen MR) is 78.9 cm³/mol. The van der Waals surface area contributed by atoms with Gasteiger partial charge in [0.25, 0.3) is 0 Å². The van der Waals surface area contributed by atoms with Crippen LogP contribution in [0.1, 0.15) is 32.6 Å². The van der Waals surface area contributed by atoms with Crippen LogP contribution in [-0.4, -0.2) is 46.4 Å². The van der Waals surface area contributed by atoms with E-state index >= 15 is 0 Å². The number of guanidine groups is 2. The van der Waals surface area contributed by atoms with E-state index in [1.165, 1.54) is 0 Å². The van der Waals surface area contributed by atoms with E-state index in [0.717, 1.165) is 17.7 Å². The highest BCUT2D eigenvalue weighted by atomic mass is 16.2. The second-order valence-corrected chi connectivity index (χ2v) is 4.85. The number of likely N-dealkylation sites (tertiary alicyclic amines) is 1. The van der Waals surface area contributed by atoms with Crippen molar-refractivity contribution in [3.05, 3.63) is 12.2 Å². The molecule has 2 heterocycles. The minimum Gasteiger partial charge on any atom is -0.368 e. The van der Waals surface area contributed by atoms with E-state index in [4.69, 9.17) is 11.5 Å². The summed E-state index contributed by atoms with van der Waals surface area (Å²) in [6.45, 7) is 2.49. The number of carbonyl (C=O) groups is 2. The van der Waals surface area contributed by atoms with Gasteiger partial charge in [-0.15, -0.1) is 0 Å². The van der Waals surface area contributed by atoms with Gasteiger partial charge in [0, 0.05) is 19.4 Å². The number of rotatable bonds is 4. The minimum atomic E-state index is -0.759. The number of nitrogens with zero attached hydrogens (tertiary/aromatic N) is 4. The quantitative estimate of drug-likeness (QED) is 0.546. The largest absolute Gasteiger partial charge is 0.368 e. The molecule has 0 bridgehead atoms. The lowest BCUT2D eigenvalue weighted by molar-refractivity contribution is -0.134. The highest BCUT2D eigenvalue weighted by Crippen LogP contribution is 2.17. The van der Waals surface area contributed by atoms with Crippen LogP contribution in [0.25, 0.3) is 0 Å². The number of unbranched alkanes of at least 4 members (excludes halogenated alkanes) is 1. The van der Waals surface area contributed by atoms with Crippen LogP contribution in [0.5, 0.6) is 0 Å². The molecule has 0 aromatic rings. The molecule has 2 amide bonds. The maximum Gasteiger partial charge on any atom is 0.236 e. The third kappa shape index (κ3) is 3.27. The summed E-state index contributed by atoms with van der Waals surface area (Å²) in [7, 11) is 0. The fourth-order valence-electron chi connectivity index (χ4n) is 2.16. The topological polar surface area (TPSA) is 117 Å². The molecule has 0 aromatic carbocycles. The zero-order chi connectivity index (χ0) is 15.4. The lowest BCUT2D eigenvalue weighted by atomic mass is 10.3. The Kier molecular flexibility index (Phi) is 4.69. The van der Waals surface area contributed by atoms with Gasteiger partial charge in [0.05, 0.1) is 0 Å². The van der Waals surface area contributed by atoms with E-state index < -0.39 is 6.29 Å². The van der Waals surface area contributed by atoms with Crippen molar-refractivity contribution < 1.29 is 9.59 Å².